The second-order valence-corrected chi connectivity index (χ2v) is 8.07. The van der Waals surface area contributed by atoms with Crippen molar-refractivity contribution in [2.45, 2.75) is 39.7 Å². The second-order valence-electron chi connectivity index (χ2n) is 7.13. The maximum atomic E-state index is 6.06. The lowest BCUT2D eigenvalue weighted by atomic mass is 10.00. The Kier molecular flexibility index (Phi) is 6.85. The number of hydrogen-bond acceptors (Lipinski definition) is 4. The summed E-state index contributed by atoms with van der Waals surface area (Å²) < 4.78 is 6.06. The number of aromatic nitrogens is 1. The summed E-state index contributed by atoms with van der Waals surface area (Å²) in [4.78, 5) is 11.3. The van der Waals surface area contributed by atoms with Crippen LogP contribution < -0.4 is 5.32 Å². The average molecular weight is 387 g/mol. The van der Waals surface area contributed by atoms with Gasteiger partial charge in [0.2, 0.25) is 0 Å². The smallest absolute Gasteiger partial charge is 0.193 e. The van der Waals surface area contributed by atoms with E-state index in [4.69, 9.17) is 4.74 Å². The van der Waals surface area contributed by atoms with Gasteiger partial charge in [0.05, 0.1) is 18.2 Å². The van der Waals surface area contributed by atoms with Crippen LogP contribution in [0.1, 0.15) is 39.9 Å². The van der Waals surface area contributed by atoms with Gasteiger partial charge in [0.25, 0.3) is 0 Å². The van der Waals surface area contributed by atoms with Crippen molar-refractivity contribution in [2.24, 2.45) is 4.99 Å². The lowest BCUT2D eigenvalue weighted by Gasteiger charge is -2.35. The van der Waals surface area contributed by atoms with Crippen LogP contribution in [0, 0.1) is 20.8 Å². The molecule has 0 radical (unpaired) electrons. The van der Waals surface area contributed by atoms with Crippen LogP contribution in [-0.4, -0.2) is 49.1 Å². The van der Waals surface area contributed by atoms with Crippen LogP contribution in [0.15, 0.2) is 28.6 Å². The number of aliphatic imine (C=N–C) groups is 1. The summed E-state index contributed by atoms with van der Waals surface area (Å²) in [7, 11) is 1.86. The first-order valence-corrected chi connectivity index (χ1v) is 10.5. The monoisotopic (exact) mass is 386 g/mol. The fourth-order valence-electron chi connectivity index (χ4n) is 3.51. The Balaban J connectivity index is 1.53. The predicted molar refractivity (Wildman–Crippen MR) is 113 cm³/mol. The van der Waals surface area contributed by atoms with Gasteiger partial charge in [0.15, 0.2) is 5.96 Å². The summed E-state index contributed by atoms with van der Waals surface area (Å²) in [5, 5.41) is 6.84. The Labute approximate surface area is 166 Å². The zero-order chi connectivity index (χ0) is 19.2. The van der Waals surface area contributed by atoms with Gasteiger partial charge in [-0.2, -0.15) is 0 Å². The minimum Gasteiger partial charge on any atom is -0.370 e. The first-order valence-electron chi connectivity index (χ1n) is 9.62. The molecule has 0 saturated carbocycles. The van der Waals surface area contributed by atoms with Gasteiger partial charge in [-0.05, 0) is 38.3 Å². The SMILES string of the molecule is CN=C(NCCCc1nc(C)cs1)N1CCOC(c2ccc(C)cc2C)C1. The van der Waals surface area contributed by atoms with E-state index in [1.54, 1.807) is 11.3 Å². The first kappa shape index (κ1) is 19.8. The summed E-state index contributed by atoms with van der Waals surface area (Å²) in [5.41, 5.74) is 4.98. The molecule has 0 amide bonds. The van der Waals surface area contributed by atoms with E-state index in [-0.39, 0.29) is 6.10 Å². The van der Waals surface area contributed by atoms with Crippen LogP contribution in [-0.2, 0) is 11.2 Å². The summed E-state index contributed by atoms with van der Waals surface area (Å²) in [6.07, 6.45) is 2.16. The van der Waals surface area contributed by atoms with Crippen LogP contribution in [0.4, 0.5) is 0 Å². The van der Waals surface area contributed by atoms with Crippen LogP contribution in [0.3, 0.4) is 0 Å². The van der Waals surface area contributed by atoms with Crippen LogP contribution in [0.2, 0.25) is 0 Å². The quantitative estimate of drug-likeness (QED) is 0.484. The molecule has 2 aromatic rings. The number of nitrogens with one attached hydrogen (secondary N) is 1. The van der Waals surface area contributed by atoms with Gasteiger partial charge >= 0.3 is 0 Å². The molecule has 1 unspecified atom stereocenters. The molecule has 146 valence electrons. The molecule has 1 N–H and O–H groups in total. The fraction of sp³-hybridized carbons (Fsp3) is 0.524. The highest BCUT2D eigenvalue weighted by Crippen LogP contribution is 2.25. The Morgan fingerprint density at radius 2 is 2.22 bits per heavy atom. The van der Waals surface area contributed by atoms with Crippen LogP contribution >= 0.6 is 11.3 Å². The molecule has 6 heteroatoms. The van der Waals surface area contributed by atoms with Crippen molar-refractivity contribution in [3.05, 3.63) is 51.0 Å². The van der Waals surface area contributed by atoms with E-state index < -0.39 is 0 Å². The van der Waals surface area contributed by atoms with Crippen LogP contribution in [0.25, 0.3) is 0 Å². The van der Waals surface area contributed by atoms with Crippen molar-refractivity contribution in [2.75, 3.05) is 33.3 Å². The lowest BCUT2D eigenvalue weighted by Crippen LogP contribution is -2.48. The van der Waals surface area contributed by atoms with E-state index in [0.29, 0.717) is 0 Å². The summed E-state index contributed by atoms with van der Waals surface area (Å²) in [6, 6.07) is 6.59. The van der Waals surface area contributed by atoms with Crippen molar-refractivity contribution in [1.82, 2.24) is 15.2 Å². The first-order chi connectivity index (χ1) is 13.1. The highest BCUT2D eigenvalue weighted by atomic mass is 32.1. The molecule has 1 atom stereocenters. The topological polar surface area (TPSA) is 49.8 Å². The molecule has 27 heavy (non-hydrogen) atoms. The molecule has 1 aliphatic heterocycles. The summed E-state index contributed by atoms with van der Waals surface area (Å²) in [5.74, 6) is 0.961. The number of ether oxygens (including phenoxy) is 1. The standard InChI is InChI=1S/C21H30N4OS/c1-15-7-8-18(16(2)12-15)19-13-25(10-11-26-19)21(22-4)23-9-5-6-20-24-17(3)14-27-20/h7-8,12,14,19H,5-6,9-11,13H2,1-4H3,(H,22,23). The molecular weight excluding hydrogens is 356 g/mol. The summed E-state index contributed by atoms with van der Waals surface area (Å²) >= 11 is 1.75. The highest BCUT2D eigenvalue weighted by molar-refractivity contribution is 7.09. The van der Waals surface area contributed by atoms with E-state index in [0.717, 1.165) is 50.7 Å². The third kappa shape index (κ3) is 5.30. The van der Waals surface area contributed by atoms with Crippen LogP contribution in [0.5, 0.6) is 0 Å². The fourth-order valence-corrected chi connectivity index (χ4v) is 4.32. The van der Waals surface area contributed by atoms with Crippen molar-refractivity contribution in [3.8, 4) is 0 Å². The minimum absolute atomic E-state index is 0.0937. The number of nitrogens with zero attached hydrogens (tertiary/aromatic N) is 3. The van der Waals surface area contributed by atoms with Crippen molar-refractivity contribution < 1.29 is 4.74 Å². The molecule has 0 bridgehead atoms. The third-order valence-corrected chi connectivity index (χ3v) is 5.89. The molecule has 1 aliphatic rings. The molecule has 0 aliphatic carbocycles. The van der Waals surface area contributed by atoms with Gasteiger partial charge in [-0.15, -0.1) is 11.3 Å². The van der Waals surface area contributed by atoms with Crippen molar-refractivity contribution in [1.29, 1.82) is 0 Å². The Morgan fingerprint density at radius 1 is 1.37 bits per heavy atom. The molecule has 0 spiro atoms. The largest absolute Gasteiger partial charge is 0.370 e. The Morgan fingerprint density at radius 3 is 2.93 bits per heavy atom. The molecule has 1 saturated heterocycles. The van der Waals surface area contributed by atoms with Gasteiger partial charge in [-0.1, -0.05) is 23.8 Å². The Hall–Kier alpha value is -1.92. The predicted octanol–water partition coefficient (Wildman–Crippen LogP) is 3.65. The number of benzene rings is 1. The van der Waals surface area contributed by atoms with E-state index in [2.05, 4.69) is 57.6 Å². The van der Waals surface area contributed by atoms with Gasteiger partial charge in [0.1, 0.15) is 6.10 Å². The van der Waals surface area contributed by atoms with E-state index >= 15 is 0 Å². The van der Waals surface area contributed by atoms with Crippen molar-refractivity contribution in [3.63, 3.8) is 0 Å². The molecule has 2 heterocycles. The van der Waals surface area contributed by atoms with E-state index in [1.165, 1.54) is 21.7 Å². The molecule has 1 fully saturated rings. The lowest BCUT2D eigenvalue weighted by molar-refractivity contribution is -0.00831. The van der Waals surface area contributed by atoms with Gasteiger partial charge < -0.3 is 15.0 Å². The number of guanidine groups is 1. The Bertz CT molecular complexity index is 786. The maximum Gasteiger partial charge on any atom is 0.193 e. The number of morpholine rings is 1. The molecule has 3 rings (SSSR count). The number of rotatable bonds is 5. The number of aryl methyl sites for hydroxylation is 4. The zero-order valence-electron chi connectivity index (χ0n) is 16.8. The minimum atomic E-state index is 0.0937. The number of thiazole rings is 1. The summed E-state index contributed by atoms with van der Waals surface area (Å²) in [6.45, 7) is 9.66. The molecule has 1 aromatic carbocycles. The van der Waals surface area contributed by atoms with Gasteiger partial charge in [0, 0.05) is 37.6 Å². The number of hydrogen-bond donors (Lipinski definition) is 1. The van der Waals surface area contributed by atoms with Gasteiger partial charge in [-0.25, -0.2) is 4.98 Å². The second kappa shape index (κ2) is 9.33. The van der Waals surface area contributed by atoms with Crippen molar-refractivity contribution >= 4 is 17.3 Å². The molecule has 1 aromatic heterocycles. The third-order valence-electron chi connectivity index (χ3n) is 4.87. The zero-order valence-corrected chi connectivity index (χ0v) is 17.6. The van der Waals surface area contributed by atoms with E-state index in [9.17, 15) is 0 Å². The highest BCUT2D eigenvalue weighted by Gasteiger charge is 2.25. The van der Waals surface area contributed by atoms with Gasteiger partial charge in [-0.3, -0.25) is 4.99 Å². The maximum absolute atomic E-state index is 6.06. The van der Waals surface area contributed by atoms with E-state index in [1.807, 2.05) is 14.0 Å². The average Bonchev–Trinajstić information content (AvgIpc) is 3.07. The molecular formula is C21H30N4OS. The molecule has 5 nitrogen and oxygen atoms in total. The normalized spacial score (nSPS) is 18.0.